The molecule has 0 atom stereocenters. The maximum absolute atomic E-state index is 12.2. The van der Waals surface area contributed by atoms with Crippen molar-refractivity contribution in [1.29, 1.82) is 0 Å². The molecule has 0 unspecified atom stereocenters. The van der Waals surface area contributed by atoms with Gasteiger partial charge in [0.1, 0.15) is 18.5 Å². The molecule has 0 radical (unpaired) electrons. The second kappa shape index (κ2) is 7.92. The molecule has 1 saturated heterocycles. The fraction of sp³-hybridized carbons (Fsp3) is 0.350. The third-order valence-electron chi connectivity index (χ3n) is 4.45. The molecule has 132 valence electrons. The van der Waals surface area contributed by atoms with Gasteiger partial charge in [-0.25, -0.2) is 4.79 Å². The van der Waals surface area contributed by atoms with Gasteiger partial charge in [-0.1, -0.05) is 30.3 Å². The first-order valence-corrected chi connectivity index (χ1v) is 8.60. The lowest BCUT2D eigenvalue weighted by Gasteiger charge is -2.31. The molecule has 5 heteroatoms. The number of carbonyl (C=O) groups is 1. The summed E-state index contributed by atoms with van der Waals surface area (Å²) in [5.41, 5.74) is 8.60. The molecule has 2 aromatic carbocycles. The molecule has 0 spiro atoms. The number of aryl methyl sites for hydroxylation is 1. The Balaban J connectivity index is 1.44. The number of nitrogens with two attached hydrogens (primary N) is 1. The summed E-state index contributed by atoms with van der Waals surface area (Å²) in [4.78, 5) is 13.9. The predicted octanol–water partition coefficient (Wildman–Crippen LogP) is 3.76. The Morgan fingerprint density at radius 1 is 1.16 bits per heavy atom. The van der Waals surface area contributed by atoms with Gasteiger partial charge < -0.3 is 20.1 Å². The van der Waals surface area contributed by atoms with E-state index in [4.69, 9.17) is 15.2 Å². The Hall–Kier alpha value is -2.69. The number of nitrogen functional groups attached to an aromatic ring is 1. The van der Waals surface area contributed by atoms with Crippen LogP contribution in [0.2, 0.25) is 0 Å². The molecule has 5 nitrogen and oxygen atoms in total. The summed E-state index contributed by atoms with van der Waals surface area (Å²) in [6.07, 6.45) is 1.44. The number of ether oxygens (including phenoxy) is 2. The van der Waals surface area contributed by atoms with Gasteiger partial charge in [0, 0.05) is 31.6 Å². The summed E-state index contributed by atoms with van der Waals surface area (Å²) in [5, 5.41) is 0. The first-order chi connectivity index (χ1) is 12.1. The zero-order valence-electron chi connectivity index (χ0n) is 14.5. The van der Waals surface area contributed by atoms with Gasteiger partial charge in [-0.3, -0.25) is 0 Å². The molecule has 0 saturated carbocycles. The lowest BCUT2D eigenvalue weighted by Crippen LogP contribution is -2.42. The van der Waals surface area contributed by atoms with E-state index in [-0.39, 0.29) is 12.2 Å². The second-order valence-corrected chi connectivity index (χ2v) is 6.36. The van der Waals surface area contributed by atoms with Crippen LogP contribution < -0.4 is 10.5 Å². The Bertz CT molecular complexity index is 710. The maximum Gasteiger partial charge on any atom is 0.410 e. The first kappa shape index (κ1) is 17.1. The van der Waals surface area contributed by atoms with Gasteiger partial charge >= 0.3 is 6.09 Å². The van der Waals surface area contributed by atoms with E-state index in [2.05, 4.69) is 0 Å². The van der Waals surface area contributed by atoms with Crippen molar-refractivity contribution < 1.29 is 14.3 Å². The number of piperidine rings is 1. The highest BCUT2D eigenvalue weighted by atomic mass is 16.6. The number of anilines is 1. The van der Waals surface area contributed by atoms with E-state index in [1.165, 1.54) is 0 Å². The lowest BCUT2D eigenvalue weighted by atomic mass is 10.1. The SMILES string of the molecule is Cc1cc(OC2CCN(C(=O)OCc3ccccc3)CC2)ccc1N. The average molecular weight is 340 g/mol. The lowest BCUT2D eigenvalue weighted by molar-refractivity contribution is 0.0638. The average Bonchev–Trinajstić information content (AvgIpc) is 2.64. The second-order valence-electron chi connectivity index (χ2n) is 6.36. The molecule has 0 bridgehead atoms. The molecule has 1 heterocycles. The van der Waals surface area contributed by atoms with Crippen LogP contribution in [0.3, 0.4) is 0 Å². The smallest absolute Gasteiger partial charge is 0.410 e. The third-order valence-corrected chi connectivity index (χ3v) is 4.45. The quantitative estimate of drug-likeness (QED) is 0.861. The molecule has 25 heavy (non-hydrogen) atoms. The molecule has 2 N–H and O–H groups in total. The highest BCUT2D eigenvalue weighted by Gasteiger charge is 2.25. The molecule has 0 aliphatic carbocycles. The first-order valence-electron chi connectivity index (χ1n) is 8.60. The van der Waals surface area contributed by atoms with Crippen LogP contribution in [0.5, 0.6) is 5.75 Å². The molecule has 1 aliphatic rings. The van der Waals surface area contributed by atoms with E-state index in [1.54, 1.807) is 4.90 Å². The molecule has 3 rings (SSSR count). The van der Waals surface area contributed by atoms with Crippen LogP contribution in [0.1, 0.15) is 24.0 Å². The number of amides is 1. The van der Waals surface area contributed by atoms with Crippen molar-refractivity contribution in [1.82, 2.24) is 4.90 Å². The number of likely N-dealkylation sites (tertiary alicyclic amines) is 1. The standard InChI is InChI=1S/C20H24N2O3/c1-15-13-18(7-8-19(15)21)25-17-9-11-22(12-10-17)20(23)24-14-16-5-3-2-4-6-16/h2-8,13,17H,9-12,14,21H2,1H3. The van der Waals surface area contributed by atoms with Crippen LogP contribution in [0.25, 0.3) is 0 Å². The van der Waals surface area contributed by atoms with Gasteiger partial charge in [-0.05, 0) is 36.2 Å². The van der Waals surface area contributed by atoms with Crippen molar-refractivity contribution in [2.75, 3.05) is 18.8 Å². The maximum atomic E-state index is 12.2. The fourth-order valence-corrected chi connectivity index (χ4v) is 2.88. The van der Waals surface area contributed by atoms with E-state index in [0.29, 0.717) is 19.7 Å². The molecule has 1 fully saturated rings. The van der Waals surface area contributed by atoms with E-state index in [9.17, 15) is 4.79 Å². The number of hydrogen-bond donors (Lipinski definition) is 1. The van der Waals surface area contributed by atoms with Crippen molar-refractivity contribution >= 4 is 11.8 Å². The summed E-state index contributed by atoms with van der Waals surface area (Å²) >= 11 is 0. The van der Waals surface area contributed by atoms with Crippen LogP contribution in [-0.2, 0) is 11.3 Å². The van der Waals surface area contributed by atoms with E-state index in [0.717, 1.165) is 35.4 Å². The van der Waals surface area contributed by atoms with E-state index < -0.39 is 0 Å². The van der Waals surface area contributed by atoms with Gasteiger partial charge in [0.15, 0.2) is 0 Å². The number of nitrogens with zero attached hydrogens (tertiary/aromatic N) is 1. The Labute approximate surface area is 148 Å². The topological polar surface area (TPSA) is 64.8 Å². The summed E-state index contributed by atoms with van der Waals surface area (Å²) in [5.74, 6) is 0.830. The largest absolute Gasteiger partial charge is 0.490 e. The monoisotopic (exact) mass is 340 g/mol. The molecular weight excluding hydrogens is 316 g/mol. The zero-order valence-corrected chi connectivity index (χ0v) is 14.5. The molecule has 0 aromatic heterocycles. The molecule has 1 amide bonds. The van der Waals surface area contributed by atoms with Crippen molar-refractivity contribution in [2.24, 2.45) is 0 Å². The van der Waals surface area contributed by atoms with Crippen LogP contribution in [0, 0.1) is 6.92 Å². The van der Waals surface area contributed by atoms with Crippen LogP contribution in [-0.4, -0.2) is 30.2 Å². The summed E-state index contributed by atoms with van der Waals surface area (Å²) in [7, 11) is 0. The number of rotatable bonds is 4. The van der Waals surface area contributed by atoms with Crippen molar-refractivity contribution in [3.8, 4) is 5.75 Å². The van der Waals surface area contributed by atoms with Gasteiger partial charge in [0.25, 0.3) is 0 Å². The van der Waals surface area contributed by atoms with Crippen LogP contribution >= 0.6 is 0 Å². The van der Waals surface area contributed by atoms with E-state index in [1.807, 2.05) is 55.5 Å². The highest BCUT2D eigenvalue weighted by Crippen LogP contribution is 2.23. The molecular formula is C20H24N2O3. The van der Waals surface area contributed by atoms with Gasteiger partial charge in [0.2, 0.25) is 0 Å². The fourth-order valence-electron chi connectivity index (χ4n) is 2.88. The van der Waals surface area contributed by atoms with Gasteiger partial charge in [0.05, 0.1) is 0 Å². The Kier molecular flexibility index (Phi) is 5.43. The van der Waals surface area contributed by atoms with Crippen molar-refractivity contribution in [3.63, 3.8) is 0 Å². The third kappa shape index (κ3) is 4.66. The minimum atomic E-state index is -0.259. The Morgan fingerprint density at radius 2 is 1.88 bits per heavy atom. The molecule has 1 aliphatic heterocycles. The van der Waals surface area contributed by atoms with Gasteiger partial charge in [-0.15, -0.1) is 0 Å². The Morgan fingerprint density at radius 3 is 2.56 bits per heavy atom. The highest BCUT2D eigenvalue weighted by molar-refractivity contribution is 5.67. The number of carbonyl (C=O) groups excluding carboxylic acids is 1. The van der Waals surface area contributed by atoms with Gasteiger partial charge in [-0.2, -0.15) is 0 Å². The van der Waals surface area contributed by atoms with Crippen LogP contribution in [0.4, 0.5) is 10.5 Å². The minimum Gasteiger partial charge on any atom is -0.490 e. The minimum absolute atomic E-state index is 0.112. The number of hydrogen-bond acceptors (Lipinski definition) is 4. The molecule has 2 aromatic rings. The normalized spacial score (nSPS) is 15.0. The van der Waals surface area contributed by atoms with Crippen molar-refractivity contribution in [3.05, 3.63) is 59.7 Å². The van der Waals surface area contributed by atoms with Crippen molar-refractivity contribution in [2.45, 2.75) is 32.5 Å². The van der Waals surface area contributed by atoms with Crippen LogP contribution in [0.15, 0.2) is 48.5 Å². The number of benzene rings is 2. The summed E-state index contributed by atoms with van der Waals surface area (Å²) in [6.45, 7) is 3.56. The summed E-state index contributed by atoms with van der Waals surface area (Å²) in [6, 6.07) is 15.4. The van der Waals surface area contributed by atoms with E-state index >= 15 is 0 Å². The zero-order chi connectivity index (χ0) is 17.6. The predicted molar refractivity (Wildman–Crippen MR) is 97.4 cm³/mol. The summed E-state index contributed by atoms with van der Waals surface area (Å²) < 4.78 is 11.4.